The Bertz CT molecular complexity index is 829. The third kappa shape index (κ3) is 3.60. The molecule has 6 nitrogen and oxygen atoms in total. The summed E-state index contributed by atoms with van der Waals surface area (Å²) in [5.41, 5.74) is 4.54. The Hall–Kier alpha value is -2.86. The SMILES string of the molecule is O=C(N[C@@H](C(=O)O)C1CCOCC1)OCC1c2ccccc2-c2ccccc21. The molecule has 1 amide bonds. The molecule has 0 saturated carbocycles. The van der Waals surface area contributed by atoms with Crippen molar-refractivity contribution in [3.8, 4) is 11.1 Å². The largest absolute Gasteiger partial charge is 0.480 e. The Morgan fingerprint density at radius 2 is 1.61 bits per heavy atom. The van der Waals surface area contributed by atoms with Gasteiger partial charge in [0.25, 0.3) is 0 Å². The standard InChI is InChI=1S/C22H23NO5/c24-21(25)20(14-9-11-27-12-10-14)23-22(26)28-13-19-17-7-3-1-5-15(17)16-6-2-4-8-18(16)19/h1-8,14,19-20H,9-13H2,(H,23,26)(H,24,25)/t20-/m1/s1. The Labute approximate surface area is 163 Å². The number of amides is 1. The molecule has 0 spiro atoms. The Balaban J connectivity index is 1.44. The van der Waals surface area contributed by atoms with Crippen LogP contribution in [-0.4, -0.2) is 43.0 Å². The van der Waals surface area contributed by atoms with Gasteiger partial charge in [-0.3, -0.25) is 0 Å². The summed E-state index contributed by atoms with van der Waals surface area (Å²) in [6.07, 6.45) is 0.530. The van der Waals surface area contributed by atoms with E-state index in [-0.39, 0.29) is 18.4 Å². The fraction of sp³-hybridized carbons (Fsp3) is 0.364. The maximum atomic E-state index is 12.4. The van der Waals surface area contributed by atoms with Gasteiger partial charge in [0.05, 0.1) is 0 Å². The molecule has 2 aromatic carbocycles. The normalized spacial score (nSPS) is 17.4. The zero-order valence-electron chi connectivity index (χ0n) is 15.5. The lowest BCUT2D eigenvalue weighted by Gasteiger charge is -2.28. The number of benzene rings is 2. The van der Waals surface area contributed by atoms with E-state index in [1.165, 1.54) is 0 Å². The van der Waals surface area contributed by atoms with E-state index in [2.05, 4.69) is 17.4 Å². The molecule has 1 heterocycles. The highest BCUT2D eigenvalue weighted by atomic mass is 16.5. The molecule has 1 aliphatic heterocycles. The molecule has 0 bridgehead atoms. The summed E-state index contributed by atoms with van der Waals surface area (Å²) in [6, 6.07) is 15.2. The molecule has 146 valence electrons. The Morgan fingerprint density at radius 3 is 2.18 bits per heavy atom. The number of carboxylic acid groups (broad SMARTS) is 1. The first-order valence-corrected chi connectivity index (χ1v) is 9.57. The number of hydrogen-bond donors (Lipinski definition) is 2. The summed E-state index contributed by atoms with van der Waals surface area (Å²) in [5, 5.41) is 12.0. The van der Waals surface area contributed by atoms with Crippen LogP contribution < -0.4 is 5.32 Å². The highest BCUT2D eigenvalue weighted by molar-refractivity contribution is 5.81. The van der Waals surface area contributed by atoms with E-state index in [9.17, 15) is 14.7 Å². The van der Waals surface area contributed by atoms with E-state index < -0.39 is 18.1 Å². The lowest BCUT2D eigenvalue weighted by molar-refractivity contribution is -0.141. The summed E-state index contributed by atoms with van der Waals surface area (Å²) in [7, 11) is 0. The van der Waals surface area contributed by atoms with Gasteiger partial charge >= 0.3 is 12.1 Å². The number of alkyl carbamates (subject to hydrolysis) is 1. The van der Waals surface area contributed by atoms with Crippen molar-refractivity contribution in [1.29, 1.82) is 0 Å². The molecule has 4 rings (SSSR count). The van der Waals surface area contributed by atoms with Crippen molar-refractivity contribution in [2.24, 2.45) is 5.92 Å². The van der Waals surface area contributed by atoms with Gasteiger partial charge in [-0.2, -0.15) is 0 Å². The molecule has 1 saturated heterocycles. The number of hydrogen-bond acceptors (Lipinski definition) is 4. The van der Waals surface area contributed by atoms with Gasteiger partial charge in [0.2, 0.25) is 0 Å². The first-order chi connectivity index (χ1) is 13.6. The van der Waals surface area contributed by atoms with Crippen LogP contribution in [0.15, 0.2) is 48.5 Å². The number of carbonyl (C=O) groups excluding carboxylic acids is 1. The molecular formula is C22H23NO5. The predicted molar refractivity (Wildman–Crippen MR) is 103 cm³/mol. The van der Waals surface area contributed by atoms with Crippen molar-refractivity contribution in [1.82, 2.24) is 5.32 Å². The number of carboxylic acids is 1. The van der Waals surface area contributed by atoms with Crippen molar-refractivity contribution in [2.45, 2.75) is 24.8 Å². The molecule has 2 aliphatic rings. The minimum absolute atomic E-state index is 0.0514. The van der Waals surface area contributed by atoms with E-state index in [4.69, 9.17) is 9.47 Å². The van der Waals surface area contributed by atoms with Crippen LogP contribution in [0.25, 0.3) is 11.1 Å². The second-order valence-corrected chi connectivity index (χ2v) is 7.24. The molecule has 2 aromatic rings. The molecule has 28 heavy (non-hydrogen) atoms. The van der Waals surface area contributed by atoms with Crippen LogP contribution in [0.2, 0.25) is 0 Å². The number of rotatable bonds is 5. The Morgan fingerprint density at radius 1 is 1.04 bits per heavy atom. The second-order valence-electron chi connectivity index (χ2n) is 7.24. The fourth-order valence-corrected chi connectivity index (χ4v) is 4.20. The molecule has 0 aromatic heterocycles. The molecule has 1 aliphatic carbocycles. The van der Waals surface area contributed by atoms with Crippen molar-refractivity contribution in [2.75, 3.05) is 19.8 Å². The number of nitrogens with one attached hydrogen (secondary N) is 1. The smallest absolute Gasteiger partial charge is 0.407 e. The topological polar surface area (TPSA) is 84.9 Å². The van der Waals surface area contributed by atoms with Gasteiger partial charge in [0.15, 0.2) is 0 Å². The summed E-state index contributed by atoms with van der Waals surface area (Å²) in [4.78, 5) is 24.0. The van der Waals surface area contributed by atoms with Gasteiger partial charge < -0.3 is 19.9 Å². The summed E-state index contributed by atoms with van der Waals surface area (Å²) in [6.45, 7) is 1.20. The van der Waals surface area contributed by atoms with Crippen LogP contribution in [0, 0.1) is 5.92 Å². The second kappa shape index (κ2) is 8.02. The lowest BCUT2D eigenvalue weighted by atomic mass is 9.92. The van der Waals surface area contributed by atoms with Crippen LogP contribution in [0.5, 0.6) is 0 Å². The maximum absolute atomic E-state index is 12.4. The summed E-state index contributed by atoms with van der Waals surface area (Å²) < 4.78 is 10.7. The zero-order chi connectivity index (χ0) is 19.5. The number of ether oxygens (including phenoxy) is 2. The van der Waals surface area contributed by atoms with Crippen molar-refractivity contribution in [3.63, 3.8) is 0 Å². The van der Waals surface area contributed by atoms with Gasteiger partial charge in [-0.15, -0.1) is 0 Å². The van der Waals surface area contributed by atoms with E-state index in [1.54, 1.807) is 0 Å². The monoisotopic (exact) mass is 381 g/mol. The molecule has 1 fully saturated rings. The Kier molecular flexibility index (Phi) is 5.30. The van der Waals surface area contributed by atoms with Gasteiger partial charge in [0.1, 0.15) is 12.6 Å². The number of carbonyl (C=O) groups is 2. The number of aliphatic carboxylic acids is 1. The van der Waals surface area contributed by atoms with E-state index in [0.29, 0.717) is 26.1 Å². The third-order valence-electron chi connectivity index (χ3n) is 5.62. The highest BCUT2D eigenvalue weighted by Crippen LogP contribution is 2.44. The predicted octanol–water partition coefficient (Wildman–Crippen LogP) is 3.40. The van der Waals surface area contributed by atoms with Gasteiger partial charge in [0, 0.05) is 19.1 Å². The molecule has 1 atom stereocenters. The van der Waals surface area contributed by atoms with Gasteiger partial charge in [-0.25, -0.2) is 9.59 Å². The molecule has 0 radical (unpaired) electrons. The van der Waals surface area contributed by atoms with Crippen LogP contribution in [-0.2, 0) is 14.3 Å². The average Bonchev–Trinajstić information content (AvgIpc) is 3.05. The fourth-order valence-electron chi connectivity index (χ4n) is 4.20. The van der Waals surface area contributed by atoms with E-state index in [0.717, 1.165) is 22.3 Å². The van der Waals surface area contributed by atoms with Crippen LogP contribution >= 0.6 is 0 Å². The van der Waals surface area contributed by atoms with Gasteiger partial charge in [-0.1, -0.05) is 48.5 Å². The molecule has 6 heteroatoms. The first kappa shape index (κ1) is 18.5. The van der Waals surface area contributed by atoms with Gasteiger partial charge in [-0.05, 0) is 41.0 Å². The van der Waals surface area contributed by atoms with E-state index in [1.807, 2.05) is 36.4 Å². The van der Waals surface area contributed by atoms with Crippen LogP contribution in [0.1, 0.15) is 29.9 Å². The summed E-state index contributed by atoms with van der Waals surface area (Å²) >= 11 is 0. The molecule has 0 unspecified atom stereocenters. The van der Waals surface area contributed by atoms with E-state index >= 15 is 0 Å². The zero-order valence-corrected chi connectivity index (χ0v) is 15.5. The van der Waals surface area contributed by atoms with Crippen LogP contribution in [0.3, 0.4) is 0 Å². The summed E-state index contributed by atoms with van der Waals surface area (Å²) in [5.74, 6) is -1.24. The van der Waals surface area contributed by atoms with Crippen molar-refractivity contribution >= 4 is 12.1 Å². The minimum atomic E-state index is -1.04. The number of fused-ring (bicyclic) bond motifs is 3. The van der Waals surface area contributed by atoms with Crippen molar-refractivity contribution in [3.05, 3.63) is 59.7 Å². The first-order valence-electron chi connectivity index (χ1n) is 9.57. The minimum Gasteiger partial charge on any atom is -0.480 e. The average molecular weight is 381 g/mol. The quantitative estimate of drug-likeness (QED) is 0.829. The lowest BCUT2D eigenvalue weighted by Crippen LogP contribution is -2.47. The maximum Gasteiger partial charge on any atom is 0.407 e. The molecular weight excluding hydrogens is 358 g/mol. The highest BCUT2D eigenvalue weighted by Gasteiger charge is 2.33. The van der Waals surface area contributed by atoms with Crippen molar-refractivity contribution < 1.29 is 24.2 Å². The van der Waals surface area contributed by atoms with Crippen LogP contribution in [0.4, 0.5) is 4.79 Å². The molecule has 2 N–H and O–H groups in total. The third-order valence-corrected chi connectivity index (χ3v) is 5.62.